The molecule has 0 rings (SSSR count). The van der Waals surface area contributed by atoms with E-state index in [1.54, 1.807) is 0 Å². The fourth-order valence-electron chi connectivity index (χ4n) is 1.70. The van der Waals surface area contributed by atoms with Crippen LogP contribution in [0.15, 0.2) is 0 Å². The second-order valence-electron chi connectivity index (χ2n) is 6.74. The third-order valence-corrected chi connectivity index (χ3v) is 2.77. The molecular formula is C14H27NO3. The summed E-state index contributed by atoms with van der Waals surface area (Å²) in [5, 5.41) is 11.5. The Labute approximate surface area is 110 Å². The standard InChI is InChI=1S/C14H27NO3/c1-13(2,3)9-6-7-11(16)15-14(4,5)10-8-12(17)18/h6-10H2,1-5H3,(H,15,16)(H,17,18). The number of carbonyl (C=O) groups is 2. The zero-order valence-corrected chi connectivity index (χ0v) is 12.3. The van der Waals surface area contributed by atoms with Crippen LogP contribution in [0.25, 0.3) is 0 Å². The second-order valence-corrected chi connectivity index (χ2v) is 6.74. The molecule has 0 atom stereocenters. The van der Waals surface area contributed by atoms with Crippen molar-refractivity contribution in [3.63, 3.8) is 0 Å². The third-order valence-electron chi connectivity index (χ3n) is 2.77. The van der Waals surface area contributed by atoms with Crippen LogP contribution in [-0.2, 0) is 9.59 Å². The van der Waals surface area contributed by atoms with Crippen molar-refractivity contribution in [1.82, 2.24) is 5.32 Å². The van der Waals surface area contributed by atoms with E-state index in [9.17, 15) is 9.59 Å². The van der Waals surface area contributed by atoms with Crippen LogP contribution in [-0.4, -0.2) is 22.5 Å². The molecule has 0 saturated carbocycles. The van der Waals surface area contributed by atoms with Gasteiger partial charge in [0, 0.05) is 18.4 Å². The predicted octanol–water partition coefficient (Wildman–Crippen LogP) is 2.96. The molecule has 1 amide bonds. The van der Waals surface area contributed by atoms with E-state index < -0.39 is 11.5 Å². The Kier molecular flexibility index (Phi) is 6.36. The van der Waals surface area contributed by atoms with Crippen LogP contribution >= 0.6 is 0 Å². The van der Waals surface area contributed by atoms with Gasteiger partial charge in [-0.25, -0.2) is 0 Å². The van der Waals surface area contributed by atoms with Crippen LogP contribution in [0.5, 0.6) is 0 Å². The summed E-state index contributed by atoms with van der Waals surface area (Å²) in [7, 11) is 0. The molecule has 0 aromatic heterocycles. The van der Waals surface area contributed by atoms with E-state index in [1.165, 1.54) is 0 Å². The molecule has 0 aromatic carbocycles. The van der Waals surface area contributed by atoms with E-state index in [0.29, 0.717) is 12.8 Å². The molecule has 106 valence electrons. The van der Waals surface area contributed by atoms with Gasteiger partial charge in [-0.1, -0.05) is 20.8 Å². The van der Waals surface area contributed by atoms with Crippen molar-refractivity contribution in [3.8, 4) is 0 Å². The molecule has 4 heteroatoms. The average Bonchev–Trinajstić information content (AvgIpc) is 2.12. The first-order valence-electron chi connectivity index (χ1n) is 6.55. The summed E-state index contributed by atoms with van der Waals surface area (Å²) in [5.41, 5.74) is -0.198. The highest BCUT2D eigenvalue weighted by atomic mass is 16.4. The maximum Gasteiger partial charge on any atom is 0.303 e. The highest BCUT2D eigenvalue weighted by Crippen LogP contribution is 2.21. The number of nitrogens with one attached hydrogen (secondary N) is 1. The lowest BCUT2D eigenvalue weighted by Crippen LogP contribution is -2.43. The highest BCUT2D eigenvalue weighted by molar-refractivity contribution is 5.76. The van der Waals surface area contributed by atoms with Crippen molar-refractivity contribution in [3.05, 3.63) is 0 Å². The van der Waals surface area contributed by atoms with Crippen molar-refractivity contribution in [2.45, 2.75) is 72.3 Å². The molecule has 0 fully saturated rings. The predicted molar refractivity (Wildman–Crippen MR) is 72.4 cm³/mol. The van der Waals surface area contributed by atoms with Crippen molar-refractivity contribution >= 4 is 11.9 Å². The van der Waals surface area contributed by atoms with Gasteiger partial charge in [-0.2, -0.15) is 0 Å². The molecule has 0 unspecified atom stereocenters. The Morgan fingerprint density at radius 3 is 2.00 bits per heavy atom. The van der Waals surface area contributed by atoms with Gasteiger partial charge in [0.05, 0.1) is 0 Å². The molecule has 0 aliphatic heterocycles. The second kappa shape index (κ2) is 6.76. The maximum atomic E-state index is 11.7. The normalized spacial score (nSPS) is 12.3. The van der Waals surface area contributed by atoms with Gasteiger partial charge < -0.3 is 10.4 Å². The molecule has 0 aliphatic rings. The Morgan fingerprint density at radius 2 is 1.56 bits per heavy atom. The van der Waals surface area contributed by atoms with Gasteiger partial charge in [-0.15, -0.1) is 0 Å². The molecule has 0 aliphatic carbocycles. The van der Waals surface area contributed by atoms with Crippen molar-refractivity contribution < 1.29 is 14.7 Å². The molecule has 0 aromatic rings. The summed E-state index contributed by atoms with van der Waals surface area (Å²) in [5.74, 6) is -0.820. The fourth-order valence-corrected chi connectivity index (χ4v) is 1.70. The molecule has 0 spiro atoms. The van der Waals surface area contributed by atoms with E-state index in [1.807, 2.05) is 13.8 Å². The maximum absolute atomic E-state index is 11.7. The first-order chi connectivity index (χ1) is 8.02. The average molecular weight is 257 g/mol. The van der Waals surface area contributed by atoms with Crippen molar-refractivity contribution in [2.24, 2.45) is 5.41 Å². The van der Waals surface area contributed by atoms with Gasteiger partial charge in [0.25, 0.3) is 0 Å². The zero-order chi connectivity index (χ0) is 14.4. The number of carbonyl (C=O) groups excluding carboxylic acids is 1. The number of hydrogen-bond acceptors (Lipinski definition) is 2. The van der Waals surface area contributed by atoms with E-state index in [4.69, 9.17) is 5.11 Å². The quantitative estimate of drug-likeness (QED) is 0.737. The molecule has 0 radical (unpaired) electrons. The molecule has 18 heavy (non-hydrogen) atoms. The summed E-state index contributed by atoms with van der Waals surface area (Å²) in [4.78, 5) is 22.2. The molecule has 4 nitrogen and oxygen atoms in total. The minimum absolute atomic E-state index is 0.00892. The number of aliphatic carboxylic acids is 1. The summed E-state index contributed by atoms with van der Waals surface area (Å²) in [6.45, 7) is 10.2. The van der Waals surface area contributed by atoms with Gasteiger partial charge in [-0.3, -0.25) is 9.59 Å². The van der Waals surface area contributed by atoms with Gasteiger partial charge in [0.2, 0.25) is 5.91 Å². The Hall–Kier alpha value is -1.06. The van der Waals surface area contributed by atoms with Crippen LogP contribution in [0.2, 0.25) is 0 Å². The molecule has 0 bridgehead atoms. The lowest BCUT2D eigenvalue weighted by atomic mass is 9.89. The van der Waals surface area contributed by atoms with E-state index in [2.05, 4.69) is 26.1 Å². The van der Waals surface area contributed by atoms with E-state index in [0.717, 1.165) is 12.8 Å². The first-order valence-corrected chi connectivity index (χ1v) is 6.55. The number of carboxylic acids is 1. The number of amides is 1. The van der Waals surface area contributed by atoms with Gasteiger partial charge >= 0.3 is 5.97 Å². The minimum Gasteiger partial charge on any atom is -0.481 e. The minimum atomic E-state index is -0.829. The summed E-state index contributed by atoms with van der Waals surface area (Å²) in [6.07, 6.45) is 2.91. The molecular weight excluding hydrogens is 230 g/mol. The summed E-state index contributed by atoms with van der Waals surface area (Å²) < 4.78 is 0. The van der Waals surface area contributed by atoms with Gasteiger partial charge in [0.1, 0.15) is 0 Å². The SMILES string of the molecule is CC(C)(C)CCCC(=O)NC(C)(C)CCC(=O)O. The van der Waals surface area contributed by atoms with Crippen LogP contribution < -0.4 is 5.32 Å². The van der Waals surface area contributed by atoms with Gasteiger partial charge in [-0.05, 0) is 38.5 Å². The van der Waals surface area contributed by atoms with Crippen LogP contribution in [0.4, 0.5) is 0 Å². The number of carboxylic acid groups (broad SMARTS) is 1. The largest absolute Gasteiger partial charge is 0.481 e. The lowest BCUT2D eigenvalue weighted by Gasteiger charge is -2.26. The lowest BCUT2D eigenvalue weighted by molar-refractivity contribution is -0.137. The van der Waals surface area contributed by atoms with Crippen molar-refractivity contribution in [2.75, 3.05) is 0 Å². The van der Waals surface area contributed by atoms with Crippen LogP contribution in [0.3, 0.4) is 0 Å². The topological polar surface area (TPSA) is 66.4 Å². The smallest absolute Gasteiger partial charge is 0.303 e. The molecule has 2 N–H and O–H groups in total. The zero-order valence-electron chi connectivity index (χ0n) is 12.3. The monoisotopic (exact) mass is 257 g/mol. The molecule has 0 heterocycles. The Bertz CT molecular complexity index is 290. The van der Waals surface area contributed by atoms with E-state index >= 15 is 0 Å². The van der Waals surface area contributed by atoms with Crippen LogP contribution in [0.1, 0.15) is 66.7 Å². The Morgan fingerprint density at radius 1 is 1.00 bits per heavy atom. The van der Waals surface area contributed by atoms with E-state index in [-0.39, 0.29) is 17.7 Å². The highest BCUT2D eigenvalue weighted by Gasteiger charge is 2.21. The summed E-state index contributed by atoms with van der Waals surface area (Å²) >= 11 is 0. The van der Waals surface area contributed by atoms with Crippen LogP contribution in [0, 0.1) is 5.41 Å². The molecule has 0 saturated heterocycles. The Balaban J connectivity index is 3.95. The summed E-state index contributed by atoms with van der Waals surface area (Å²) in [6, 6.07) is 0. The first kappa shape index (κ1) is 16.9. The van der Waals surface area contributed by atoms with Crippen molar-refractivity contribution in [1.29, 1.82) is 0 Å². The fraction of sp³-hybridized carbons (Fsp3) is 0.857. The number of rotatable bonds is 7. The number of hydrogen-bond donors (Lipinski definition) is 2. The third kappa shape index (κ3) is 10.1. The van der Waals surface area contributed by atoms with Gasteiger partial charge in [0.15, 0.2) is 0 Å².